The summed E-state index contributed by atoms with van der Waals surface area (Å²) in [6, 6.07) is 17.7. The average Bonchev–Trinajstić information content (AvgIpc) is 3.42. The van der Waals surface area contributed by atoms with Crippen molar-refractivity contribution in [1.82, 2.24) is 4.90 Å². The quantitative estimate of drug-likeness (QED) is 0.309. The molecule has 2 heterocycles. The van der Waals surface area contributed by atoms with Gasteiger partial charge in [-0.05, 0) is 60.3 Å². The predicted molar refractivity (Wildman–Crippen MR) is 131 cm³/mol. The van der Waals surface area contributed by atoms with Crippen LogP contribution in [0.2, 0.25) is 0 Å². The van der Waals surface area contributed by atoms with Crippen LogP contribution in [0.4, 0.5) is 5.69 Å². The topological polar surface area (TPSA) is 70.1 Å². The molecule has 1 atom stereocenters. The number of anilines is 1. The van der Waals surface area contributed by atoms with E-state index in [0.29, 0.717) is 24.5 Å². The lowest BCUT2D eigenvalue weighted by atomic mass is 9.95. The molecule has 4 rings (SSSR count). The van der Waals surface area contributed by atoms with Gasteiger partial charge in [0, 0.05) is 30.2 Å². The Balaban J connectivity index is 1.81. The molecule has 1 fully saturated rings. The number of hydrogen-bond donors (Lipinski definition) is 1. The maximum Gasteiger partial charge on any atom is 0.295 e. The number of likely N-dealkylation sites (tertiary alicyclic amines) is 1. The molecule has 7 heteroatoms. The van der Waals surface area contributed by atoms with Crippen LogP contribution in [0, 0.1) is 0 Å². The third kappa shape index (κ3) is 4.50. The maximum atomic E-state index is 13.1. The number of nitrogens with zero attached hydrogens (tertiary/aromatic N) is 2. The third-order valence-electron chi connectivity index (χ3n) is 5.61. The van der Waals surface area contributed by atoms with Gasteiger partial charge in [-0.1, -0.05) is 18.2 Å². The fourth-order valence-electron chi connectivity index (χ4n) is 3.95. The zero-order valence-corrected chi connectivity index (χ0v) is 19.6. The van der Waals surface area contributed by atoms with Crippen molar-refractivity contribution in [1.29, 1.82) is 0 Å². The van der Waals surface area contributed by atoms with E-state index in [9.17, 15) is 14.7 Å². The molecule has 1 aliphatic rings. The zero-order valence-electron chi connectivity index (χ0n) is 18.8. The van der Waals surface area contributed by atoms with Gasteiger partial charge >= 0.3 is 0 Å². The second kappa shape index (κ2) is 9.50. The molecule has 1 N–H and O–H groups in total. The molecule has 0 radical (unpaired) electrons. The van der Waals surface area contributed by atoms with Gasteiger partial charge in [0.2, 0.25) is 0 Å². The van der Waals surface area contributed by atoms with Crippen molar-refractivity contribution < 1.29 is 19.4 Å². The number of aliphatic hydroxyl groups excluding tert-OH is 1. The predicted octanol–water partition coefficient (Wildman–Crippen LogP) is 4.83. The summed E-state index contributed by atoms with van der Waals surface area (Å²) < 4.78 is 5.47. The number of carbonyl (C=O) groups excluding carboxylic acids is 2. The summed E-state index contributed by atoms with van der Waals surface area (Å²) in [5.74, 6) is -0.813. The smallest absolute Gasteiger partial charge is 0.295 e. The molecule has 1 amide bonds. The molecule has 0 aliphatic carbocycles. The Morgan fingerprint density at radius 1 is 1.06 bits per heavy atom. The van der Waals surface area contributed by atoms with Crippen molar-refractivity contribution in [2.24, 2.45) is 0 Å². The molecule has 2 aromatic carbocycles. The number of ether oxygens (including phenoxy) is 1. The minimum atomic E-state index is -0.685. The fraction of sp³-hybridized carbons (Fsp3) is 0.231. The summed E-state index contributed by atoms with van der Waals surface area (Å²) in [5.41, 5.74) is 2.32. The Hall–Kier alpha value is -3.58. The number of carbonyl (C=O) groups is 2. The van der Waals surface area contributed by atoms with Crippen molar-refractivity contribution in [2.75, 3.05) is 25.6 Å². The van der Waals surface area contributed by atoms with Gasteiger partial charge in [-0.25, -0.2) is 0 Å². The highest BCUT2D eigenvalue weighted by molar-refractivity contribution is 7.09. The summed E-state index contributed by atoms with van der Waals surface area (Å²) in [4.78, 5) is 30.7. The minimum Gasteiger partial charge on any atom is -0.507 e. The molecule has 33 heavy (non-hydrogen) atoms. The Labute approximate surface area is 197 Å². The van der Waals surface area contributed by atoms with Crippen LogP contribution in [0.1, 0.15) is 29.0 Å². The Kier molecular flexibility index (Phi) is 6.51. The number of hydrogen-bond acceptors (Lipinski definition) is 6. The van der Waals surface area contributed by atoms with Crippen LogP contribution in [0.3, 0.4) is 0 Å². The lowest BCUT2D eigenvalue weighted by Crippen LogP contribution is -2.28. The van der Waals surface area contributed by atoms with Crippen LogP contribution in [0.25, 0.3) is 5.76 Å². The lowest BCUT2D eigenvalue weighted by Gasteiger charge is -2.25. The molecular formula is C26H26N2O4S. The van der Waals surface area contributed by atoms with Crippen LogP contribution >= 0.6 is 11.3 Å². The van der Waals surface area contributed by atoms with Crippen molar-refractivity contribution >= 4 is 34.5 Å². The highest BCUT2D eigenvalue weighted by atomic mass is 32.1. The van der Waals surface area contributed by atoms with Gasteiger partial charge < -0.3 is 19.6 Å². The Morgan fingerprint density at radius 2 is 1.76 bits per heavy atom. The molecule has 1 aliphatic heterocycles. The standard InChI is InChI=1S/C26H26N2O4S/c1-4-32-20-13-9-18(10-14-20)24(29)22-23(17-7-11-19(12-8-17)27(2)3)28(26(31)25(22)30)16-21-6-5-15-33-21/h5-15,23,29H,4,16H2,1-3H3/b24-22+. The molecular weight excluding hydrogens is 436 g/mol. The van der Waals surface area contributed by atoms with Crippen molar-refractivity contribution in [3.05, 3.63) is 87.6 Å². The number of amides is 1. The molecule has 1 unspecified atom stereocenters. The SMILES string of the molecule is CCOc1ccc(/C(O)=C2\C(=O)C(=O)N(Cc3cccs3)C2c2ccc(N(C)C)cc2)cc1. The Bertz CT molecular complexity index is 1170. The monoisotopic (exact) mass is 462 g/mol. The molecule has 0 saturated carbocycles. The number of thiophene rings is 1. The number of rotatable bonds is 7. The fourth-order valence-corrected chi connectivity index (χ4v) is 4.65. The highest BCUT2D eigenvalue weighted by Crippen LogP contribution is 2.41. The first kappa shape index (κ1) is 22.6. The molecule has 6 nitrogen and oxygen atoms in total. The van der Waals surface area contributed by atoms with E-state index >= 15 is 0 Å². The van der Waals surface area contributed by atoms with Gasteiger partial charge in [-0.3, -0.25) is 9.59 Å². The van der Waals surface area contributed by atoms with Gasteiger partial charge in [0.1, 0.15) is 11.5 Å². The second-order valence-electron chi connectivity index (χ2n) is 7.95. The lowest BCUT2D eigenvalue weighted by molar-refractivity contribution is -0.140. The molecule has 0 bridgehead atoms. The van der Waals surface area contributed by atoms with Gasteiger partial charge in [-0.2, -0.15) is 0 Å². The molecule has 1 saturated heterocycles. The third-order valence-corrected chi connectivity index (χ3v) is 6.47. The highest BCUT2D eigenvalue weighted by Gasteiger charge is 2.46. The molecule has 3 aromatic rings. The summed E-state index contributed by atoms with van der Waals surface area (Å²) in [6.07, 6.45) is 0. The molecule has 0 spiro atoms. The summed E-state index contributed by atoms with van der Waals surface area (Å²) in [5, 5.41) is 13.1. The van der Waals surface area contributed by atoms with Crippen LogP contribution in [0.15, 0.2) is 71.6 Å². The summed E-state index contributed by atoms with van der Waals surface area (Å²) >= 11 is 1.52. The van der Waals surface area contributed by atoms with E-state index in [1.54, 1.807) is 29.2 Å². The zero-order chi connectivity index (χ0) is 23.5. The van der Waals surface area contributed by atoms with Crippen molar-refractivity contribution in [3.63, 3.8) is 0 Å². The maximum absolute atomic E-state index is 13.1. The van der Waals surface area contributed by atoms with E-state index in [2.05, 4.69) is 0 Å². The minimum absolute atomic E-state index is 0.0957. The molecule has 170 valence electrons. The van der Waals surface area contributed by atoms with Crippen molar-refractivity contribution in [3.8, 4) is 5.75 Å². The largest absolute Gasteiger partial charge is 0.507 e. The van der Waals surface area contributed by atoms with E-state index in [4.69, 9.17) is 4.74 Å². The number of benzene rings is 2. The first-order valence-electron chi connectivity index (χ1n) is 10.7. The first-order valence-corrected chi connectivity index (χ1v) is 11.6. The van der Waals surface area contributed by atoms with Crippen LogP contribution in [-0.2, 0) is 16.1 Å². The van der Waals surface area contributed by atoms with E-state index in [1.165, 1.54) is 11.3 Å². The number of aliphatic hydroxyl groups is 1. The summed E-state index contributed by atoms with van der Waals surface area (Å²) in [7, 11) is 3.90. The summed E-state index contributed by atoms with van der Waals surface area (Å²) in [6.45, 7) is 2.72. The van der Waals surface area contributed by atoms with E-state index < -0.39 is 17.7 Å². The van der Waals surface area contributed by atoms with Gasteiger partial charge in [0.05, 0.1) is 24.8 Å². The van der Waals surface area contributed by atoms with E-state index in [0.717, 1.165) is 16.1 Å². The first-order chi connectivity index (χ1) is 15.9. The Morgan fingerprint density at radius 3 is 2.33 bits per heavy atom. The average molecular weight is 463 g/mol. The number of Topliss-reactive ketones (excluding diaryl/α,β-unsaturated/α-hetero) is 1. The van der Waals surface area contributed by atoms with Crippen LogP contribution in [0.5, 0.6) is 5.75 Å². The van der Waals surface area contributed by atoms with Crippen LogP contribution in [-0.4, -0.2) is 42.4 Å². The van der Waals surface area contributed by atoms with Gasteiger partial charge in [-0.15, -0.1) is 11.3 Å². The van der Waals surface area contributed by atoms with Crippen molar-refractivity contribution in [2.45, 2.75) is 19.5 Å². The normalized spacial score (nSPS) is 17.4. The van der Waals surface area contributed by atoms with E-state index in [-0.39, 0.29) is 11.3 Å². The second-order valence-corrected chi connectivity index (χ2v) is 8.98. The van der Waals surface area contributed by atoms with E-state index in [1.807, 2.05) is 67.7 Å². The van der Waals surface area contributed by atoms with Gasteiger partial charge in [0.25, 0.3) is 11.7 Å². The van der Waals surface area contributed by atoms with Crippen LogP contribution < -0.4 is 9.64 Å². The molecule has 1 aromatic heterocycles. The van der Waals surface area contributed by atoms with Gasteiger partial charge in [0.15, 0.2) is 0 Å². The number of ketones is 1.